The van der Waals surface area contributed by atoms with Gasteiger partial charge in [-0.2, -0.15) is 0 Å². The highest BCUT2D eigenvalue weighted by Crippen LogP contribution is 2.78. The van der Waals surface area contributed by atoms with Crippen molar-refractivity contribution < 1.29 is 10.2 Å². The molecule has 0 aliphatic heterocycles. The SMILES string of the molecule is CC(C)C12CC3(c4ccc(O)cc4)CC(c4ccc(O)cc4)(C1)CC(C(C)(C)C)(C3)C2. The van der Waals surface area contributed by atoms with Crippen molar-refractivity contribution in [3.63, 3.8) is 0 Å². The van der Waals surface area contributed by atoms with Crippen LogP contribution < -0.4 is 0 Å². The molecule has 0 amide bonds. The molecule has 2 aromatic carbocycles. The van der Waals surface area contributed by atoms with Gasteiger partial charge in [-0.25, -0.2) is 0 Å². The zero-order valence-corrected chi connectivity index (χ0v) is 19.8. The zero-order valence-electron chi connectivity index (χ0n) is 19.8. The summed E-state index contributed by atoms with van der Waals surface area (Å²) in [5.74, 6) is 1.33. The van der Waals surface area contributed by atoms with Crippen LogP contribution in [0.4, 0.5) is 0 Å². The van der Waals surface area contributed by atoms with Crippen molar-refractivity contribution in [3.05, 3.63) is 59.7 Å². The monoisotopic (exact) mass is 418 g/mol. The van der Waals surface area contributed by atoms with Crippen LogP contribution in [0.15, 0.2) is 48.5 Å². The summed E-state index contributed by atoms with van der Waals surface area (Å²) in [5, 5.41) is 20.0. The molecule has 2 nitrogen and oxygen atoms in total. The minimum absolute atomic E-state index is 0.137. The molecule has 4 saturated carbocycles. The number of benzene rings is 2. The summed E-state index contributed by atoms with van der Waals surface area (Å²) in [6.45, 7) is 12.3. The fraction of sp³-hybridized carbons (Fsp3) is 0.586. The van der Waals surface area contributed by atoms with Gasteiger partial charge in [-0.05, 0) is 107 Å². The maximum atomic E-state index is 9.99. The van der Waals surface area contributed by atoms with Gasteiger partial charge in [0.1, 0.15) is 11.5 Å². The smallest absolute Gasteiger partial charge is 0.115 e. The molecule has 2 heteroatoms. The molecule has 4 fully saturated rings. The normalized spacial score (nSPS) is 36.8. The summed E-state index contributed by atoms with van der Waals surface area (Å²) < 4.78 is 0. The summed E-state index contributed by atoms with van der Waals surface area (Å²) in [6, 6.07) is 16.3. The van der Waals surface area contributed by atoms with Crippen LogP contribution in [0.3, 0.4) is 0 Å². The van der Waals surface area contributed by atoms with E-state index in [2.05, 4.69) is 58.9 Å². The molecule has 0 radical (unpaired) electrons. The predicted molar refractivity (Wildman–Crippen MR) is 126 cm³/mol. The summed E-state index contributed by atoms with van der Waals surface area (Å²) in [6.07, 6.45) is 7.47. The van der Waals surface area contributed by atoms with Crippen molar-refractivity contribution in [2.45, 2.75) is 84.0 Å². The number of phenolic OH excluding ortho intramolecular Hbond substituents is 2. The molecule has 166 valence electrons. The maximum absolute atomic E-state index is 9.99. The fourth-order valence-electron chi connectivity index (χ4n) is 8.37. The Hall–Kier alpha value is -1.96. The topological polar surface area (TPSA) is 40.5 Å². The van der Waals surface area contributed by atoms with Crippen LogP contribution in [-0.2, 0) is 10.8 Å². The lowest BCUT2D eigenvalue weighted by Gasteiger charge is -2.75. The highest BCUT2D eigenvalue weighted by molar-refractivity contribution is 5.43. The van der Waals surface area contributed by atoms with Gasteiger partial charge >= 0.3 is 0 Å². The second-order valence-corrected chi connectivity index (χ2v) is 12.8. The van der Waals surface area contributed by atoms with Gasteiger partial charge in [0.05, 0.1) is 0 Å². The highest BCUT2D eigenvalue weighted by Gasteiger charge is 2.71. The molecule has 0 aromatic heterocycles. The first kappa shape index (κ1) is 20.9. The summed E-state index contributed by atoms with van der Waals surface area (Å²) >= 11 is 0. The number of phenols is 2. The Balaban J connectivity index is 1.76. The molecule has 4 aliphatic carbocycles. The van der Waals surface area contributed by atoms with Gasteiger partial charge < -0.3 is 10.2 Å². The second-order valence-electron chi connectivity index (χ2n) is 12.8. The van der Waals surface area contributed by atoms with E-state index in [0.717, 1.165) is 0 Å². The van der Waals surface area contributed by atoms with Crippen LogP contribution in [0.2, 0.25) is 0 Å². The van der Waals surface area contributed by atoms with Crippen molar-refractivity contribution in [2.24, 2.45) is 22.2 Å². The molecule has 6 rings (SSSR count). The third-order valence-electron chi connectivity index (χ3n) is 9.88. The lowest BCUT2D eigenvalue weighted by atomic mass is 9.29. The standard InChI is InChI=1S/C29H38O2/c1-20(2)26-14-27(21-6-10-23(30)11-7-21)16-28(15-26,22-8-12-24(31)13-9-22)19-29(17-26,18-27)25(3,4)5/h6-13,20,30-31H,14-19H2,1-5H3. The molecule has 4 bridgehead atoms. The zero-order chi connectivity index (χ0) is 22.3. The van der Waals surface area contributed by atoms with Crippen molar-refractivity contribution in [2.75, 3.05) is 0 Å². The number of hydrogen-bond acceptors (Lipinski definition) is 2. The molecule has 2 aromatic rings. The average molecular weight is 419 g/mol. The fourth-order valence-corrected chi connectivity index (χ4v) is 8.37. The van der Waals surface area contributed by atoms with E-state index in [-0.39, 0.29) is 21.7 Å². The Morgan fingerprint density at radius 2 is 1.06 bits per heavy atom. The lowest BCUT2D eigenvalue weighted by Crippen LogP contribution is -2.68. The first-order valence-corrected chi connectivity index (χ1v) is 12.0. The Labute approximate surface area is 187 Å². The van der Waals surface area contributed by atoms with Crippen molar-refractivity contribution >= 4 is 0 Å². The number of rotatable bonds is 3. The molecule has 2 atom stereocenters. The second kappa shape index (κ2) is 6.30. The van der Waals surface area contributed by atoms with Crippen molar-refractivity contribution in [1.29, 1.82) is 0 Å². The first-order chi connectivity index (χ1) is 14.4. The lowest BCUT2D eigenvalue weighted by molar-refractivity contribution is -0.196. The molecule has 2 unspecified atom stereocenters. The third kappa shape index (κ3) is 2.90. The Morgan fingerprint density at radius 1 is 0.645 bits per heavy atom. The van der Waals surface area contributed by atoms with Crippen LogP contribution in [0.5, 0.6) is 11.5 Å². The van der Waals surface area contributed by atoms with Crippen molar-refractivity contribution in [1.82, 2.24) is 0 Å². The van der Waals surface area contributed by atoms with Crippen LogP contribution >= 0.6 is 0 Å². The van der Waals surface area contributed by atoms with Gasteiger partial charge in [0, 0.05) is 0 Å². The van der Waals surface area contributed by atoms with Gasteiger partial charge in [-0.15, -0.1) is 0 Å². The first-order valence-electron chi connectivity index (χ1n) is 12.0. The van der Waals surface area contributed by atoms with Gasteiger partial charge in [-0.1, -0.05) is 58.9 Å². The van der Waals surface area contributed by atoms with E-state index in [4.69, 9.17) is 0 Å². The highest BCUT2D eigenvalue weighted by atomic mass is 16.3. The Bertz CT molecular complexity index is 915. The molecule has 4 aliphatic rings. The molecular weight excluding hydrogens is 380 g/mol. The molecule has 0 heterocycles. The molecular formula is C29H38O2. The van der Waals surface area contributed by atoms with Gasteiger partial charge in [0.15, 0.2) is 0 Å². The van der Waals surface area contributed by atoms with E-state index in [1.54, 1.807) is 0 Å². The van der Waals surface area contributed by atoms with Crippen molar-refractivity contribution in [3.8, 4) is 11.5 Å². The third-order valence-corrected chi connectivity index (χ3v) is 9.88. The van der Waals surface area contributed by atoms with Gasteiger partial charge in [0.2, 0.25) is 0 Å². The van der Waals surface area contributed by atoms with E-state index in [0.29, 0.717) is 22.8 Å². The van der Waals surface area contributed by atoms with Crippen LogP contribution in [0.25, 0.3) is 0 Å². The minimum Gasteiger partial charge on any atom is -0.508 e. The molecule has 2 N–H and O–H groups in total. The van der Waals surface area contributed by atoms with E-state index < -0.39 is 0 Å². The maximum Gasteiger partial charge on any atom is 0.115 e. The average Bonchev–Trinajstić information content (AvgIpc) is 2.67. The number of hydrogen-bond donors (Lipinski definition) is 2. The predicted octanol–water partition coefficient (Wildman–Crippen LogP) is 7.33. The molecule has 0 saturated heterocycles. The number of aromatic hydroxyl groups is 2. The van der Waals surface area contributed by atoms with Gasteiger partial charge in [-0.3, -0.25) is 0 Å². The molecule has 0 spiro atoms. The van der Waals surface area contributed by atoms with E-state index >= 15 is 0 Å². The van der Waals surface area contributed by atoms with E-state index in [9.17, 15) is 10.2 Å². The van der Waals surface area contributed by atoms with Crippen LogP contribution in [0, 0.1) is 22.2 Å². The quantitative estimate of drug-likeness (QED) is 0.548. The summed E-state index contributed by atoms with van der Waals surface area (Å²) in [4.78, 5) is 0. The van der Waals surface area contributed by atoms with Gasteiger partial charge in [0.25, 0.3) is 0 Å². The Kier molecular flexibility index (Phi) is 4.25. The largest absolute Gasteiger partial charge is 0.508 e. The summed E-state index contributed by atoms with van der Waals surface area (Å²) in [5.41, 5.74) is 3.91. The minimum atomic E-state index is 0.137. The Morgan fingerprint density at radius 3 is 1.42 bits per heavy atom. The molecule has 31 heavy (non-hydrogen) atoms. The summed E-state index contributed by atoms with van der Waals surface area (Å²) in [7, 11) is 0. The van der Waals surface area contributed by atoms with Crippen LogP contribution in [0.1, 0.15) is 84.3 Å². The van der Waals surface area contributed by atoms with E-state index in [1.165, 1.54) is 49.7 Å². The van der Waals surface area contributed by atoms with E-state index in [1.807, 2.05) is 24.3 Å². The van der Waals surface area contributed by atoms with Crippen LogP contribution in [-0.4, -0.2) is 10.2 Å².